The van der Waals surface area contributed by atoms with Crippen molar-refractivity contribution in [2.24, 2.45) is 0 Å². The number of nitrogens with one attached hydrogen (secondary N) is 1. The molecule has 4 aromatic rings. The molecule has 218 valence electrons. The van der Waals surface area contributed by atoms with Gasteiger partial charge in [-0.15, -0.1) is 5.10 Å². The summed E-state index contributed by atoms with van der Waals surface area (Å²) in [6.45, 7) is 1.91. The molecule has 3 aromatic carbocycles. The molecule has 1 N–H and O–H groups in total. The van der Waals surface area contributed by atoms with Crippen LogP contribution in [-0.4, -0.2) is 35.0 Å². The number of carbonyl (C=O) groups excluding carboxylic acids is 1. The van der Waals surface area contributed by atoms with Crippen LogP contribution in [0.25, 0.3) is 0 Å². The zero-order valence-electron chi connectivity index (χ0n) is 22.6. The molecule has 0 bridgehead atoms. The molecule has 2 heterocycles. The lowest BCUT2D eigenvalue weighted by molar-refractivity contribution is -0.136. The largest absolute Gasteiger partial charge is 0.493 e. The van der Waals surface area contributed by atoms with Crippen LogP contribution in [0.2, 0.25) is 15.1 Å². The molecular formula is C29H24BrCl3N4O4S. The highest BCUT2D eigenvalue weighted by Gasteiger charge is 2.36. The van der Waals surface area contributed by atoms with Crippen molar-refractivity contribution in [3.63, 3.8) is 0 Å². The number of methoxy groups -OCH3 is 2. The Morgan fingerprint density at radius 2 is 1.79 bits per heavy atom. The summed E-state index contributed by atoms with van der Waals surface area (Å²) in [7, 11) is 2.88. The Balaban J connectivity index is 1.51. The lowest BCUT2D eigenvalue weighted by atomic mass is 9.95. The molecular weight excluding hydrogens is 687 g/mol. The van der Waals surface area contributed by atoms with Crippen molar-refractivity contribution in [3.05, 3.63) is 102 Å². The van der Waals surface area contributed by atoms with Crippen molar-refractivity contribution < 1.29 is 19.0 Å². The summed E-state index contributed by atoms with van der Waals surface area (Å²) in [5, 5.41) is 10.1. The molecule has 1 unspecified atom stereocenters. The number of esters is 1. The van der Waals surface area contributed by atoms with Crippen LogP contribution in [-0.2, 0) is 21.9 Å². The van der Waals surface area contributed by atoms with Gasteiger partial charge in [-0.3, -0.25) is 0 Å². The van der Waals surface area contributed by atoms with E-state index in [0.29, 0.717) is 70.3 Å². The number of allylic oxidation sites excluding steroid dienone is 1. The third-order valence-electron chi connectivity index (χ3n) is 6.54. The monoisotopic (exact) mass is 708 g/mol. The van der Waals surface area contributed by atoms with Gasteiger partial charge >= 0.3 is 5.97 Å². The fourth-order valence-electron chi connectivity index (χ4n) is 4.49. The van der Waals surface area contributed by atoms with Gasteiger partial charge in [0.15, 0.2) is 11.5 Å². The first-order valence-electron chi connectivity index (χ1n) is 12.5. The van der Waals surface area contributed by atoms with Gasteiger partial charge in [-0.1, -0.05) is 70.8 Å². The molecule has 5 rings (SSSR count). The van der Waals surface area contributed by atoms with Gasteiger partial charge in [0, 0.05) is 32.1 Å². The van der Waals surface area contributed by atoms with Crippen LogP contribution >= 0.6 is 62.5 Å². The van der Waals surface area contributed by atoms with Crippen LogP contribution in [0.3, 0.4) is 0 Å². The van der Waals surface area contributed by atoms with Crippen LogP contribution in [0.1, 0.15) is 29.7 Å². The highest BCUT2D eigenvalue weighted by Crippen LogP contribution is 2.44. The average Bonchev–Trinajstić information content (AvgIpc) is 3.38. The first kappa shape index (κ1) is 30.6. The number of anilines is 1. The Kier molecular flexibility index (Phi) is 9.59. The van der Waals surface area contributed by atoms with Crippen molar-refractivity contribution >= 4 is 74.4 Å². The summed E-state index contributed by atoms with van der Waals surface area (Å²) < 4.78 is 19.3. The second-order valence-corrected chi connectivity index (χ2v) is 12.1. The summed E-state index contributed by atoms with van der Waals surface area (Å²) in [5.74, 6) is 1.43. The number of rotatable bonds is 9. The Hall–Kier alpha value is -2.89. The molecule has 0 amide bonds. The van der Waals surface area contributed by atoms with Crippen LogP contribution in [0.15, 0.2) is 75.5 Å². The number of hydrogen-bond donors (Lipinski definition) is 1. The van der Waals surface area contributed by atoms with Crippen LogP contribution in [0, 0.1) is 0 Å². The summed E-state index contributed by atoms with van der Waals surface area (Å²) in [6, 6.07) is 15.9. The molecule has 1 aliphatic rings. The topological polar surface area (TPSA) is 87.5 Å². The number of fused-ring (bicyclic) bond motifs is 1. The molecule has 1 aromatic heterocycles. The third-order valence-corrected chi connectivity index (χ3v) is 9.10. The molecule has 1 atom stereocenters. The molecule has 0 aliphatic carbocycles. The van der Waals surface area contributed by atoms with Gasteiger partial charge in [0.2, 0.25) is 11.1 Å². The molecule has 0 fully saturated rings. The van der Waals surface area contributed by atoms with Crippen molar-refractivity contribution in [1.29, 1.82) is 0 Å². The number of halogens is 4. The minimum absolute atomic E-state index is 0.117. The minimum Gasteiger partial charge on any atom is -0.493 e. The van der Waals surface area contributed by atoms with Crippen molar-refractivity contribution in [2.45, 2.75) is 30.5 Å². The number of nitrogens with zero attached hydrogens (tertiary/aromatic N) is 3. The van der Waals surface area contributed by atoms with Crippen LogP contribution in [0.4, 0.5) is 5.95 Å². The second kappa shape index (κ2) is 13.2. The molecule has 0 saturated heterocycles. The number of benzene rings is 3. The predicted molar refractivity (Wildman–Crippen MR) is 169 cm³/mol. The molecule has 0 radical (unpaired) electrons. The van der Waals surface area contributed by atoms with E-state index in [4.69, 9.17) is 54.1 Å². The van der Waals surface area contributed by atoms with Crippen molar-refractivity contribution in [1.82, 2.24) is 14.8 Å². The normalized spacial score (nSPS) is 14.3. The summed E-state index contributed by atoms with van der Waals surface area (Å²) in [5.41, 5.74) is 3.28. The van der Waals surface area contributed by atoms with Gasteiger partial charge in [0.1, 0.15) is 12.6 Å². The fourth-order valence-corrected chi connectivity index (χ4v) is 6.68. The van der Waals surface area contributed by atoms with E-state index in [1.165, 1.54) is 26.0 Å². The average molecular weight is 711 g/mol. The van der Waals surface area contributed by atoms with Gasteiger partial charge in [-0.25, -0.2) is 9.48 Å². The highest BCUT2D eigenvalue weighted by atomic mass is 79.9. The van der Waals surface area contributed by atoms with E-state index < -0.39 is 12.0 Å². The molecule has 13 heteroatoms. The van der Waals surface area contributed by atoms with E-state index in [1.54, 1.807) is 35.9 Å². The van der Waals surface area contributed by atoms with Crippen LogP contribution < -0.4 is 14.8 Å². The second-order valence-electron chi connectivity index (χ2n) is 9.12. The molecule has 42 heavy (non-hydrogen) atoms. The summed E-state index contributed by atoms with van der Waals surface area (Å²) in [6.07, 6.45) is 0. The Bertz CT molecular complexity index is 1680. The Morgan fingerprint density at radius 1 is 1.07 bits per heavy atom. The van der Waals surface area contributed by atoms with Gasteiger partial charge < -0.3 is 19.5 Å². The van der Waals surface area contributed by atoms with Crippen molar-refractivity contribution in [3.8, 4) is 11.5 Å². The maximum atomic E-state index is 13.1. The molecule has 1 aliphatic heterocycles. The SMILES string of the molecule is COC(=O)C1=C(C)Nc2nc(SCc3ccccc3Cl)nn2C1c1cc(Br)c(OCc2c(Cl)cccc2Cl)c(OC)c1. The first-order chi connectivity index (χ1) is 20.2. The van der Waals surface area contributed by atoms with Gasteiger partial charge in [0.05, 0.1) is 24.3 Å². The highest BCUT2D eigenvalue weighted by molar-refractivity contribution is 9.10. The van der Waals surface area contributed by atoms with E-state index in [0.717, 1.165) is 5.56 Å². The number of thioether (sulfide) groups is 1. The zero-order valence-corrected chi connectivity index (χ0v) is 27.3. The van der Waals surface area contributed by atoms with E-state index in [1.807, 2.05) is 30.3 Å². The van der Waals surface area contributed by atoms with Gasteiger partial charge in [0.25, 0.3) is 0 Å². The van der Waals surface area contributed by atoms with E-state index in [9.17, 15) is 4.79 Å². The van der Waals surface area contributed by atoms with Gasteiger partial charge in [-0.05, 0) is 64.3 Å². The van der Waals surface area contributed by atoms with Crippen LogP contribution in [0.5, 0.6) is 11.5 Å². The zero-order chi connectivity index (χ0) is 30.0. The van der Waals surface area contributed by atoms with Crippen molar-refractivity contribution in [2.75, 3.05) is 19.5 Å². The van der Waals surface area contributed by atoms with E-state index in [2.05, 4.69) is 26.2 Å². The first-order valence-corrected chi connectivity index (χ1v) is 15.4. The maximum Gasteiger partial charge on any atom is 0.338 e. The number of hydrogen-bond acceptors (Lipinski definition) is 8. The Morgan fingerprint density at radius 3 is 2.48 bits per heavy atom. The predicted octanol–water partition coefficient (Wildman–Crippen LogP) is 8.34. The standard InChI is InChI=1S/C29H24BrCl3N4O4S/c1-15-24(27(38)40-3)25(37-28(34-15)35-29(36-37)42-14-16-7-4-5-8-20(16)31)17-11-19(30)26(23(12-17)39-2)41-13-18-21(32)9-6-10-22(18)33/h4-12,25H,13-14H2,1-3H3,(H,34,35,36). The number of carbonyl (C=O) groups is 1. The number of ether oxygens (including phenoxy) is 3. The molecule has 0 spiro atoms. The minimum atomic E-state index is -0.673. The quantitative estimate of drug-likeness (QED) is 0.137. The van der Waals surface area contributed by atoms with Gasteiger partial charge in [-0.2, -0.15) is 4.98 Å². The smallest absolute Gasteiger partial charge is 0.338 e. The summed E-state index contributed by atoms with van der Waals surface area (Å²) in [4.78, 5) is 17.7. The number of aromatic nitrogens is 3. The fraction of sp³-hybridized carbons (Fsp3) is 0.207. The lowest BCUT2D eigenvalue weighted by Gasteiger charge is -2.28. The van der Waals surface area contributed by atoms with E-state index in [-0.39, 0.29) is 6.61 Å². The molecule has 8 nitrogen and oxygen atoms in total. The summed E-state index contributed by atoms with van der Waals surface area (Å²) >= 11 is 24.1. The third kappa shape index (κ3) is 6.23. The lowest BCUT2D eigenvalue weighted by Crippen LogP contribution is -2.29. The van der Waals surface area contributed by atoms with E-state index >= 15 is 0 Å². The maximum absolute atomic E-state index is 13.1. The molecule has 0 saturated carbocycles. The Labute approximate surface area is 270 Å².